The number of nitrogens with zero attached hydrogens (tertiary/aromatic N) is 3. The van der Waals surface area contributed by atoms with Gasteiger partial charge in [0.1, 0.15) is 0 Å². The number of halogens is 1. The van der Waals surface area contributed by atoms with Gasteiger partial charge in [-0.1, -0.05) is 42.0 Å². The van der Waals surface area contributed by atoms with Crippen molar-refractivity contribution in [2.45, 2.75) is 38.3 Å². The fourth-order valence-corrected chi connectivity index (χ4v) is 3.81. The molecule has 2 unspecified atom stereocenters. The van der Waals surface area contributed by atoms with Crippen molar-refractivity contribution < 1.29 is 0 Å². The van der Waals surface area contributed by atoms with Crippen molar-refractivity contribution in [3.63, 3.8) is 0 Å². The first-order chi connectivity index (χ1) is 12.3. The summed E-state index contributed by atoms with van der Waals surface area (Å²) in [5.74, 6) is 1.57. The Hall–Kier alpha value is -1.91. The molecule has 1 aliphatic heterocycles. The fraction of sp³-hybridized carbons (Fsp3) is 0.429. The molecule has 1 aromatic heterocycles. The summed E-state index contributed by atoms with van der Waals surface area (Å²) in [5, 5.41) is 3.87. The molecule has 138 valence electrons. The summed E-state index contributed by atoms with van der Waals surface area (Å²) in [6.45, 7) is 4.35. The second kappa shape index (κ2) is 8.65. The van der Waals surface area contributed by atoms with Gasteiger partial charge >= 0.3 is 0 Å². The Bertz CT molecular complexity index is 711. The summed E-state index contributed by atoms with van der Waals surface area (Å²) in [6, 6.07) is 13.8. The first-order valence-corrected chi connectivity index (χ1v) is 9.31. The van der Waals surface area contributed by atoms with E-state index in [4.69, 9.17) is 0 Å². The van der Waals surface area contributed by atoms with Crippen LogP contribution in [0.2, 0.25) is 0 Å². The van der Waals surface area contributed by atoms with E-state index in [1.807, 2.05) is 18.5 Å². The summed E-state index contributed by atoms with van der Waals surface area (Å²) in [6.07, 6.45) is 9.59. The molecule has 1 saturated carbocycles. The summed E-state index contributed by atoms with van der Waals surface area (Å²) in [5.41, 5.74) is 2.81. The van der Waals surface area contributed by atoms with Crippen molar-refractivity contribution in [3.8, 4) is 0 Å². The normalized spacial score (nSPS) is 23.4. The van der Waals surface area contributed by atoms with Crippen LogP contribution < -0.4 is 10.2 Å². The average Bonchev–Trinajstić information content (AvgIpc) is 3.43. The van der Waals surface area contributed by atoms with Crippen LogP contribution in [0.15, 0.2) is 54.4 Å². The molecule has 0 radical (unpaired) electrons. The van der Waals surface area contributed by atoms with E-state index in [2.05, 4.69) is 63.5 Å². The Morgan fingerprint density at radius 1 is 1.08 bits per heavy atom. The molecule has 1 aromatic carbocycles. The first-order valence-electron chi connectivity index (χ1n) is 9.31. The molecule has 2 aromatic rings. The Kier molecular flexibility index (Phi) is 6.28. The zero-order chi connectivity index (χ0) is 17.1. The third kappa shape index (κ3) is 4.63. The predicted molar refractivity (Wildman–Crippen MR) is 110 cm³/mol. The third-order valence-electron chi connectivity index (χ3n) is 5.35. The molecule has 2 atom stereocenters. The largest absolute Gasteiger partial charge is 0.341 e. The number of hydrogen-bond donors (Lipinski definition) is 1. The maximum Gasteiger partial charge on any atom is 0.225 e. The maximum atomic E-state index is 4.36. The highest BCUT2D eigenvalue weighted by Crippen LogP contribution is 2.38. The monoisotopic (exact) mass is 370 g/mol. The van der Waals surface area contributed by atoms with Gasteiger partial charge in [-0.25, -0.2) is 9.97 Å². The minimum atomic E-state index is 0. The van der Waals surface area contributed by atoms with Gasteiger partial charge in [0.25, 0.3) is 0 Å². The zero-order valence-electron chi connectivity index (χ0n) is 15.2. The van der Waals surface area contributed by atoms with Crippen LogP contribution in [0, 0.1) is 5.92 Å². The summed E-state index contributed by atoms with van der Waals surface area (Å²) in [4.78, 5) is 11.0. The number of anilines is 1. The number of hydrogen-bond acceptors (Lipinski definition) is 4. The van der Waals surface area contributed by atoms with E-state index in [1.54, 1.807) is 0 Å². The van der Waals surface area contributed by atoms with Crippen molar-refractivity contribution in [2.24, 2.45) is 5.92 Å². The van der Waals surface area contributed by atoms with E-state index < -0.39 is 0 Å². The molecule has 5 heteroatoms. The molecular weight excluding hydrogens is 344 g/mol. The van der Waals surface area contributed by atoms with Crippen LogP contribution in [0.25, 0.3) is 6.08 Å². The minimum absolute atomic E-state index is 0. The number of nitrogens with one attached hydrogen (secondary N) is 1. The van der Waals surface area contributed by atoms with Gasteiger partial charge in [0, 0.05) is 37.6 Å². The van der Waals surface area contributed by atoms with Crippen LogP contribution in [-0.4, -0.2) is 35.1 Å². The molecule has 0 bridgehead atoms. The van der Waals surface area contributed by atoms with Gasteiger partial charge in [-0.05, 0) is 43.7 Å². The van der Waals surface area contributed by atoms with Crippen molar-refractivity contribution in [1.82, 2.24) is 15.3 Å². The van der Waals surface area contributed by atoms with Crippen molar-refractivity contribution in [3.05, 3.63) is 59.9 Å². The van der Waals surface area contributed by atoms with E-state index in [-0.39, 0.29) is 12.4 Å². The maximum absolute atomic E-state index is 4.36. The minimum Gasteiger partial charge on any atom is -0.341 e. The molecular formula is C21H27ClN4. The molecule has 0 amide bonds. The molecule has 1 N–H and O–H groups in total. The van der Waals surface area contributed by atoms with Gasteiger partial charge in [0.2, 0.25) is 5.95 Å². The molecule has 2 heterocycles. The lowest BCUT2D eigenvalue weighted by atomic mass is 10.0. The topological polar surface area (TPSA) is 41.0 Å². The molecule has 0 spiro atoms. The van der Waals surface area contributed by atoms with Gasteiger partial charge in [-0.2, -0.15) is 0 Å². The van der Waals surface area contributed by atoms with Gasteiger partial charge in [0.05, 0.1) is 0 Å². The Balaban J connectivity index is 0.00000196. The Morgan fingerprint density at radius 2 is 1.77 bits per heavy atom. The highest BCUT2D eigenvalue weighted by atomic mass is 35.5. The van der Waals surface area contributed by atoms with Gasteiger partial charge < -0.3 is 10.2 Å². The number of benzene rings is 1. The molecule has 2 aliphatic rings. The third-order valence-corrected chi connectivity index (χ3v) is 5.35. The lowest BCUT2D eigenvalue weighted by molar-refractivity contribution is 0.405. The Labute approximate surface area is 162 Å². The van der Waals surface area contributed by atoms with Crippen LogP contribution in [0.5, 0.6) is 0 Å². The van der Waals surface area contributed by atoms with Crippen LogP contribution in [0.1, 0.15) is 31.7 Å². The smallest absolute Gasteiger partial charge is 0.225 e. The zero-order valence-corrected chi connectivity index (χ0v) is 16.0. The number of aromatic nitrogens is 2. The number of rotatable bonds is 5. The summed E-state index contributed by atoms with van der Waals surface area (Å²) >= 11 is 0. The lowest BCUT2D eigenvalue weighted by Gasteiger charge is -2.32. The molecule has 2 fully saturated rings. The van der Waals surface area contributed by atoms with Gasteiger partial charge in [-0.15, -0.1) is 12.4 Å². The molecule has 26 heavy (non-hydrogen) atoms. The molecule has 4 rings (SSSR count). The Morgan fingerprint density at radius 3 is 2.46 bits per heavy atom. The van der Waals surface area contributed by atoms with Gasteiger partial charge in [-0.3, -0.25) is 0 Å². The second-order valence-corrected chi connectivity index (χ2v) is 7.22. The van der Waals surface area contributed by atoms with Crippen molar-refractivity contribution in [1.29, 1.82) is 0 Å². The van der Waals surface area contributed by atoms with E-state index in [0.29, 0.717) is 18.0 Å². The fourth-order valence-electron chi connectivity index (χ4n) is 3.81. The highest BCUT2D eigenvalue weighted by molar-refractivity contribution is 5.85. The van der Waals surface area contributed by atoms with E-state index in [0.717, 1.165) is 19.0 Å². The van der Waals surface area contributed by atoms with Crippen LogP contribution in [0.3, 0.4) is 0 Å². The van der Waals surface area contributed by atoms with Gasteiger partial charge in [0.15, 0.2) is 0 Å². The number of piperidine rings is 1. The standard InChI is InChI=1S/C21H26N4.ClH/c1-16(14-17-6-3-2-4-7-17)19-15-20(19)24-18-8-12-25(13-9-18)21-22-10-5-11-23-21;/h2-7,10-11,14,18-20,24H,8-9,12-13,15H2,1H3;1H/b16-14+;. The quantitative estimate of drug-likeness (QED) is 0.865. The average molecular weight is 371 g/mol. The van der Waals surface area contributed by atoms with Crippen LogP contribution in [-0.2, 0) is 0 Å². The predicted octanol–water partition coefficient (Wildman–Crippen LogP) is 3.95. The van der Waals surface area contributed by atoms with Crippen LogP contribution in [0.4, 0.5) is 5.95 Å². The van der Waals surface area contributed by atoms with E-state index in [9.17, 15) is 0 Å². The SMILES string of the molecule is C/C(=C\c1ccccc1)C1CC1NC1CCN(c2ncccn2)CC1.Cl. The second-order valence-electron chi connectivity index (χ2n) is 7.22. The summed E-state index contributed by atoms with van der Waals surface area (Å²) in [7, 11) is 0. The van der Waals surface area contributed by atoms with E-state index >= 15 is 0 Å². The van der Waals surface area contributed by atoms with Crippen molar-refractivity contribution >= 4 is 24.4 Å². The molecule has 1 saturated heterocycles. The first kappa shape index (κ1) is 18.9. The summed E-state index contributed by atoms with van der Waals surface area (Å²) < 4.78 is 0. The highest BCUT2D eigenvalue weighted by Gasteiger charge is 2.39. The lowest BCUT2D eigenvalue weighted by Crippen LogP contribution is -2.44. The molecule has 1 aliphatic carbocycles. The van der Waals surface area contributed by atoms with Crippen LogP contribution >= 0.6 is 12.4 Å². The van der Waals surface area contributed by atoms with Crippen molar-refractivity contribution in [2.75, 3.05) is 18.0 Å². The van der Waals surface area contributed by atoms with E-state index in [1.165, 1.54) is 30.4 Å². The molecule has 4 nitrogen and oxygen atoms in total.